The molecule has 1 rings (SSSR count). The molecule has 1 saturated heterocycles. The number of nitrogens with one attached hydrogen (secondary N) is 1. The van der Waals surface area contributed by atoms with E-state index in [1.165, 1.54) is 0 Å². The third-order valence-electron chi connectivity index (χ3n) is 2.56. The lowest BCUT2D eigenvalue weighted by Crippen LogP contribution is -2.46. The third-order valence-corrected chi connectivity index (χ3v) is 2.56. The first-order chi connectivity index (χ1) is 5.56. The zero-order chi connectivity index (χ0) is 9.35. The van der Waals surface area contributed by atoms with Crippen molar-refractivity contribution in [2.24, 2.45) is 0 Å². The number of rotatable bonds is 2. The van der Waals surface area contributed by atoms with Crippen molar-refractivity contribution in [3.8, 4) is 0 Å². The van der Waals surface area contributed by atoms with E-state index in [1.807, 2.05) is 13.8 Å². The molecular formula is C8H14N2O2. The largest absolute Gasteiger partial charge is 0.324 e. The van der Waals surface area contributed by atoms with Crippen LogP contribution in [0.25, 0.3) is 0 Å². The lowest BCUT2D eigenvalue weighted by atomic mass is 9.98. The Kier molecular flexibility index (Phi) is 2.08. The Labute approximate surface area is 71.9 Å². The summed E-state index contributed by atoms with van der Waals surface area (Å²) in [6, 6.07) is -0.271. The second-order valence-electron chi connectivity index (χ2n) is 3.13. The standard InChI is InChI=1S/C8H14N2O2/c1-4-8(3)6(11)9-7(12)10(8)5-2/h4-5H2,1-3H3,(H,9,11,12). The van der Waals surface area contributed by atoms with Gasteiger partial charge < -0.3 is 4.90 Å². The molecule has 68 valence electrons. The van der Waals surface area contributed by atoms with Gasteiger partial charge in [-0.2, -0.15) is 0 Å². The van der Waals surface area contributed by atoms with E-state index < -0.39 is 5.54 Å². The van der Waals surface area contributed by atoms with Gasteiger partial charge >= 0.3 is 6.03 Å². The number of amides is 3. The van der Waals surface area contributed by atoms with Crippen LogP contribution in [-0.4, -0.2) is 28.9 Å². The van der Waals surface area contributed by atoms with E-state index in [4.69, 9.17) is 0 Å². The Hall–Kier alpha value is -1.06. The van der Waals surface area contributed by atoms with Crippen LogP contribution in [0.2, 0.25) is 0 Å². The fourth-order valence-corrected chi connectivity index (χ4v) is 1.49. The van der Waals surface area contributed by atoms with E-state index in [9.17, 15) is 9.59 Å². The summed E-state index contributed by atoms with van der Waals surface area (Å²) >= 11 is 0. The van der Waals surface area contributed by atoms with Crippen molar-refractivity contribution in [1.82, 2.24) is 10.2 Å². The van der Waals surface area contributed by atoms with Gasteiger partial charge in [0.25, 0.3) is 5.91 Å². The molecule has 1 heterocycles. The summed E-state index contributed by atoms with van der Waals surface area (Å²) in [5, 5.41) is 2.31. The van der Waals surface area contributed by atoms with Crippen LogP contribution in [0.3, 0.4) is 0 Å². The molecular weight excluding hydrogens is 156 g/mol. The van der Waals surface area contributed by atoms with Crippen LogP contribution >= 0.6 is 0 Å². The normalized spacial score (nSPS) is 29.4. The van der Waals surface area contributed by atoms with Crippen molar-refractivity contribution in [1.29, 1.82) is 0 Å². The molecule has 0 aliphatic carbocycles. The average molecular weight is 170 g/mol. The maximum Gasteiger partial charge on any atom is 0.324 e. The summed E-state index contributed by atoms with van der Waals surface area (Å²) in [5.41, 5.74) is -0.633. The number of carbonyl (C=O) groups excluding carboxylic acids is 2. The van der Waals surface area contributed by atoms with Crippen LogP contribution in [0.15, 0.2) is 0 Å². The predicted molar refractivity (Wildman–Crippen MR) is 44.6 cm³/mol. The molecule has 0 saturated carbocycles. The van der Waals surface area contributed by atoms with Crippen molar-refractivity contribution >= 4 is 11.9 Å². The molecule has 0 spiro atoms. The van der Waals surface area contributed by atoms with Gasteiger partial charge in [0.15, 0.2) is 0 Å². The Balaban J connectivity index is 2.97. The molecule has 4 heteroatoms. The van der Waals surface area contributed by atoms with Gasteiger partial charge in [-0.1, -0.05) is 6.92 Å². The van der Waals surface area contributed by atoms with Crippen LogP contribution in [0.1, 0.15) is 27.2 Å². The molecule has 0 aromatic heterocycles. The highest BCUT2D eigenvalue weighted by molar-refractivity contribution is 6.06. The SMILES string of the molecule is CCN1C(=O)NC(=O)C1(C)CC. The number of carbonyl (C=O) groups is 2. The first-order valence-corrected chi connectivity index (χ1v) is 4.19. The smallest absolute Gasteiger partial charge is 0.310 e. The highest BCUT2D eigenvalue weighted by Gasteiger charge is 2.46. The molecule has 1 aliphatic heterocycles. The van der Waals surface area contributed by atoms with Crippen LogP contribution in [-0.2, 0) is 4.79 Å². The van der Waals surface area contributed by atoms with E-state index >= 15 is 0 Å². The molecule has 0 radical (unpaired) electrons. The van der Waals surface area contributed by atoms with Crippen molar-refractivity contribution < 1.29 is 9.59 Å². The molecule has 1 unspecified atom stereocenters. The Morgan fingerprint density at radius 2 is 2.00 bits per heavy atom. The summed E-state index contributed by atoms with van der Waals surface area (Å²) < 4.78 is 0. The minimum atomic E-state index is -0.633. The summed E-state index contributed by atoms with van der Waals surface area (Å²) in [7, 11) is 0. The molecule has 1 N–H and O–H groups in total. The van der Waals surface area contributed by atoms with Gasteiger partial charge in [-0.05, 0) is 20.3 Å². The molecule has 1 aliphatic rings. The molecule has 1 atom stereocenters. The summed E-state index contributed by atoms with van der Waals surface area (Å²) in [4.78, 5) is 24.1. The fraction of sp³-hybridized carbons (Fsp3) is 0.750. The number of urea groups is 1. The van der Waals surface area contributed by atoms with Gasteiger partial charge in [-0.25, -0.2) is 4.79 Å². The number of likely N-dealkylation sites (N-methyl/N-ethyl adjacent to an activating group) is 1. The molecule has 4 nitrogen and oxygen atoms in total. The van der Waals surface area contributed by atoms with Crippen molar-refractivity contribution in [3.63, 3.8) is 0 Å². The molecule has 1 fully saturated rings. The first kappa shape index (κ1) is 9.03. The lowest BCUT2D eigenvalue weighted by Gasteiger charge is -2.29. The first-order valence-electron chi connectivity index (χ1n) is 4.19. The van der Waals surface area contributed by atoms with Crippen LogP contribution in [0.4, 0.5) is 4.79 Å². The zero-order valence-corrected chi connectivity index (χ0v) is 7.68. The van der Waals surface area contributed by atoms with E-state index in [2.05, 4.69) is 5.32 Å². The molecule has 0 aromatic carbocycles. The van der Waals surface area contributed by atoms with Gasteiger partial charge in [0.2, 0.25) is 0 Å². The number of imide groups is 1. The zero-order valence-electron chi connectivity index (χ0n) is 7.68. The molecule has 0 bridgehead atoms. The Bertz CT molecular complexity index is 227. The molecule has 12 heavy (non-hydrogen) atoms. The average Bonchev–Trinajstić information content (AvgIpc) is 2.24. The molecule has 3 amide bonds. The predicted octanol–water partition coefficient (Wildman–Crippen LogP) is 0.727. The van der Waals surface area contributed by atoms with E-state index in [1.54, 1.807) is 11.8 Å². The van der Waals surface area contributed by atoms with Gasteiger partial charge in [0.05, 0.1) is 0 Å². The Morgan fingerprint density at radius 1 is 1.42 bits per heavy atom. The van der Waals surface area contributed by atoms with Crippen molar-refractivity contribution in [2.75, 3.05) is 6.54 Å². The topological polar surface area (TPSA) is 49.4 Å². The number of hydrogen-bond acceptors (Lipinski definition) is 2. The minimum Gasteiger partial charge on any atom is -0.310 e. The van der Waals surface area contributed by atoms with Gasteiger partial charge in [0.1, 0.15) is 5.54 Å². The summed E-state index contributed by atoms with van der Waals surface area (Å²) in [6.45, 7) is 6.13. The molecule has 0 aromatic rings. The van der Waals surface area contributed by atoms with E-state index in [0.717, 1.165) is 0 Å². The van der Waals surface area contributed by atoms with Gasteiger partial charge in [-0.3, -0.25) is 10.1 Å². The van der Waals surface area contributed by atoms with Gasteiger partial charge in [0, 0.05) is 6.54 Å². The van der Waals surface area contributed by atoms with Crippen LogP contribution in [0.5, 0.6) is 0 Å². The third kappa shape index (κ3) is 0.983. The van der Waals surface area contributed by atoms with Crippen LogP contribution in [0, 0.1) is 0 Å². The second-order valence-corrected chi connectivity index (χ2v) is 3.13. The Morgan fingerprint density at radius 3 is 2.33 bits per heavy atom. The van der Waals surface area contributed by atoms with E-state index in [0.29, 0.717) is 13.0 Å². The quantitative estimate of drug-likeness (QED) is 0.621. The summed E-state index contributed by atoms with van der Waals surface area (Å²) in [5.74, 6) is -0.183. The maximum absolute atomic E-state index is 11.3. The summed E-state index contributed by atoms with van der Waals surface area (Å²) in [6.07, 6.45) is 0.651. The highest BCUT2D eigenvalue weighted by atomic mass is 16.2. The monoisotopic (exact) mass is 170 g/mol. The van der Waals surface area contributed by atoms with Crippen molar-refractivity contribution in [2.45, 2.75) is 32.7 Å². The van der Waals surface area contributed by atoms with Gasteiger partial charge in [-0.15, -0.1) is 0 Å². The van der Waals surface area contributed by atoms with Crippen LogP contribution < -0.4 is 5.32 Å². The second kappa shape index (κ2) is 2.77. The maximum atomic E-state index is 11.3. The fourth-order valence-electron chi connectivity index (χ4n) is 1.49. The van der Waals surface area contributed by atoms with Crippen molar-refractivity contribution in [3.05, 3.63) is 0 Å². The highest BCUT2D eigenvalue weighted by Crippen LogP contribution is 2.24. The minimum absolute atomic E-state index is 0.183. The lowest BCUT2D eigenvalue weighted by molar-refractivity contribution is -0.125. The number of hydrogen-bond donors (Lipinski definition) is 1. The van der Waals surface area contributed by atoms with E-state index in [-0.39, 0.29) is 11.9 Å². The number of nitrogens with zero attached hydrogens (tertiary/aromatic N) is 1.